The lowest BCUT2D eigenvalue weighted by molar-refractivity contribution is -0.0930. The standard InChI is InChI=1S/C36H29F2N5O4S/c37-26-16-18-27(19-17-26)45-35(48)47-31-28(46-34(29(31)38)43-22-42-30-32(39)40-21-41-33(30)43)20-44-36(23-10-4-1-5-11-23,24-12-6-2-7-13-24)25-14-8-3-9-15-25/h1-19,21-22,28-29,31,34H,20H2,(H2,39,40,41)/t28-,29+,31-,34-/m1/s1. The number of ether oxygens (including phenoxy) is 4. The van der Waals surface area contributed by atoms with Gasteiger partial charge in [0.15, 0.2) is 30.0 Å². The molecule has 6 aromatic rings. The molecule has 1 fully saturated rings. The van der Waals surface area contributed by atoms with Crippen molar-refractivity contribution in [3.8, 4) is 5.75 Å². The van der Waals surface area contributed by atoms with Gasteiger partial charge in [-0.15, -0.1) is 0 Å². The fourth-order valence-electron chi connectivity index (χ4n) is 5.96. The van der Waals surface area contributed by atoms with Crippen molar-refractivity contribution >= 4 is 34.4 Å². The number of rotatable bonds is 9. The Morgan fingerprint density at radius 1 is 0.833 bits per heavy atom. The highest BCUT2D eigenvalue weighted by Gasteiger charge is 2.50. The SMILES string of the molecule is Nc1ncnc2c1ncn2[C@@H]1O[C@H](COC(c2ccccc2)(c2ccccc2)c2ccccc2)[C@@H](OC(=S)Oc2ccc(F)cc2)[C@@H]1F. The number of alkyl halides is 1. The first-order valence-electron chi connectivity index (χ1n) is 15.1. The van der Waals surface area contributed by atoms with Gasteiger partial charge in [-0.25, -0.2) is 23.7 Å². The maximum atomic E-state index is 16.6. The summed E-state index contributed by atoms with van der Waals surface area (Å²) in [4.78, 5) is 12.5. The molecule has 7 rings (SSSR count). The van der Waals surface area contributed by atoms with Crippen LogP contribution in [0.15, 0.2) is 128 Å². The van der Waals surface area contributed by atoms with E-state index >= 15 is 4.39 Å². The summed E-state index contributed by atoms with van der Waals surface area (Å²) in [6.07, 6.45) is -2.67. The first-order valence-corrected chi connectivity index (χ1v) is 15.5. The first kappa shape index (κ1) is 31.3. The zero-order valence-corrected chi connectivity index (χ0v) is 26.1. The summed E-state index contributed by atoms with van der Waals surface area (Å²) in [7, 11) is 0. The monoisotopic (exact) mass is 665 g/mol. The highest BCUT2D eigenvalue weighted by atomic mass is 32.1. The van der Waals surface area contributed by atoms with E-state index in [9.17, 15) is 4.39 Å². The summed E-state index contributed by atoms with van der Waals surface area (Å²) in [6, 6.07) is 34.5. The number of fused-ring (bicyclic) bond motifs is 1. The molecule has 0 unspecified atom stereocenters. The van der Waals surface area contributed by atoms with Crippen LogP contribution in [0.3, 0.4) is 0 Å². The van der Waals surface area contributed by atoms with Crippen LogP contribution in [0.4, 0.5) is 14.6 Å². The molecule has 0 saturated carbocycles. The number of thiocarbonyl (C=S) groups is 1. The summed E-state index contributed by atoms with van der Waals surface area (Å²) in [5.41, 5.74) is 8.04. The predicted octanol–water partition coefficient (Wildman–Crippen LogP) is 6.54. The molecular weight excluding hydrogens is 636 g/mol. The largest absolute Gasteiger partial charge is 0.447 e. The molecule has 4 aromatic carbocycles. The summed E-state index contributed by atoms with van der Waals surface area (Å²) >= 11 is 5.37. The van der Waals surface area contributed by atoms with Crippen molar-refractivity contribution in [2.75, 3.05) is 12.3 Å². The van der Waals surface area contributed by atoms with Gasteiger partial charge in [-0.05, 0) is 41.0 Å². The maximum absolute atomic E-state index is 16.6. The number of hydrogen-bond donors (Lipinski definition) is 1. The van der Waals surface area contributed by atoms with Gasteiger partial charge in [0, 0.05) is 12.2 Å². The van der Waals surface area contributed by atoms with E-state index in [0.717, 1.165) is 16.7 Å². The summed E-state index contributed by atoms with van der Waals surface area (Å²) in [6.45, 7) is -0.136. The topological polar surface area (TPSA) is 107 Å². The Morgan fingerprint density at radius 2 is 1.42 bits per heavy atom. The Bertz CT molecular complexity index is 1910. The molecule has 1 saturated heterocycles. The van der Waals surface area contributed by atoms with E-state index in [1.165, 1.54) is 41.5 Å². The highest BCUT2D eigenvalue weighted by molar-refractivity contribution is 7.79. The van der Waals surface area contributed by atoms with Gasteiger partial charge in [-0.1, -0.05) is 91.0 Å². The van der Waals surface area contributed by atoms with Crippen LogP contribution >= 0.6 is 12.2 Å². The van der Waals surface area contributed by atoms with Gasteiger partial charge < -0.3 is 24.7 Å². The fraction of sp³-hybridized carbons (Fsp3) is 0.167. The Morgan fingerprint density at radius 3 is 2.00 bits per heavy atom. The summed E-state index contributed by atoms with van der Waals surface area (Å²) in [5, 5.41) is -0.369. The minimum absolute atomic E-state index is 0.136. The lowest BCUT2D eigenvalue weighted by atomic mass is 9.80. The van der Waals surface area contributed by atoms with Crippen molar-refractivity contribution in [1.82, 2.24) is 19.5 Å². The number of nitrogen functional groups attached to an aromatic ring is 1. The van der Waals surface area contributed by atoms with Gasteiger partial charge in [0.05, 0.1) is 12.9 Å². The Balaban J connectivity index is 1.26. The Hall–Kier alpha value is -5.30. The number of imidazole rings is 1. The number of nitrogens with two attached hydrogens (primary N) is 1. The summed E-state index contributed by atoms with van der Waals surface area (Å²) in [5.74, 6) is -0.0748. The zero-order chi connectivity index (χ0) is 33.1. The lowest BCUT2D eigenvalue weighted by Crippen LogP contribution is -2.41. The number of halogens is 2. The Kier molecular flexibility index (Phi) is 8.76. The molecular formula is C36H29F2N5O4S. The second-order valence-electron chi connectivity index (χ2n) is 11.1. The van der Waals surface area contributed by atoms with E-state index in [1.54, 1.807) is 0 Å². The number of hydrogen-bond acceptors (Lipinski definition) is 9. The third-order valence-corrected chi connectivity index (χ3v) is 8.36. The van der Waals surface area contributed by atoms with Crippen LogP contribution in [0.25, 0.3) is 11.2 Å². The molecule has 0 amide bonds. The average molecular weight is 666 g/mol. The molecule has 1 aliphatic rings. The molecule has 3 heterocycles. The van der Waals surface area contributed by atoms with E-state index in [1.807, 2.05) is 91.0 Å². The second-order valence-corrected chi connectivity index (χ2v) is 11.4. The van der Waals surface area contributed by atoms with Crippen molar-refractivity contribution in [3.63, 3.8) is 0 Å². The molecule has 0 radical (unpaired) electrons. The molecule has 0 spiro atoms. The van der Waals surface area contributed by atoms with E-state index in [0.29, 0.717) is 5.52 Å². The lowest BCUT2D eigenvalue weighted by Gasteiger charge is -2.37. The highest BCUT2D eigenvalue weighted by Crippen LogP contribution is 2.43. The third kappa shape index (κ3) is 5.97. The van der Waals surface area contributed by atoms with Crippen LogP contribution in [0, 0.1) is 5.82 Å². The van der Waals surface area contributed by atoms with Gasteiger partial charge in [-0.2, -0.15) is 0 Å². The predicted molar refractivity (Wildman–Crippen MR) is 178 cm³/mol. The molecule has 48 heavy (non-hydrogen) atoms. The Labute approximate surface area is 279 Å². The molecule has 2 aromatic heterocycles. The minimum Gasteiger partial charge on any atom is -0.447 e. The van der Waals surface area contributed by atoms with Gasteiger partial charge in [0.2, 0.25) is 0 Å². The number of aromatic nitrogens is 4. The van der Waals surface area contributed by atoms with Crippen LogP contribution in [0.5, 0.6) is 5.75 Å². The van der Waals surface area contributed by atoms with E-state index in [-0.39, 0.29) is 29.1 Å². The smallest absolute Gasteiger partial charge is 0.358 e. The van der Waals surface area contributed by atoms with E-state index < -0.39 is 36.0 Å². The van der Waals surface area contributed by atoms with Gasteiger partial charge >= 0.3 is 5.24 Å². The molecule has 4 atom stereocenters. The van der Waals surface area contributed by atoms with Crippen molar-refractivity contribution < 1.29 is 27.7 Å². The average Bonchev–Trinajstić information content (AvgIpc) is 3.69. The minimum atomic E-state index is -1.79. The van der Waals surface area contributed by atoms with Gasteiger partial charge in [0.25, 0.3) is 0 Å². The van der Waals surface area contributed by atoms with Gasteiger partial charge in [0.1, 0.15) is 35.1 Å². The number of nitrogens with zero attached hydrogens (tertiary/aromatic N) is 4. The van der Waals surface area contributed by atoms with Crippen molar-refractivity contribution in [2.45, 2.75) is 30.2 Å². The molecule has 0 aliphatic carbocycles. The molecule has 2 N–H and O–H groups in total. The van der Waals surface area contributed by atoms with E-state index in [2.05, 4.69) is 15.0 Å². The number of benzene rings is 4. The third-order valence-electron chi connectivity index (χ3n) is 8.18. The molecule has 242 valence electrons. The van der Waals surface area contributed by atoms with Crippen LogP contribution in [0.2, 0.25) is 0 Å². The summed E-state index contributed by atoms with van der Waals surface area (Å²) < 4.78 is 56.5. The fourth-order valence-corrected chi connectivity index (χ4v) is 6.17. The van der Waals surface area contributed by atoms with E-state index in [4.69, 9.17) is 36.9 Å². The van der Waals surface area contributed by atoms with Crippen LogP contribution in [-0.4, -0.2) is 49.7 Å². The van der Waals surface area contributed by atoms with Crippen molar-refractivity contribution in [3.05, 3.63) is 150 Å². The van der Waals surface area contributed by atoms with Crippen LogP contribution in [-0.2, 0) is 19.8 Å². The van der Waals surface area contributed by atoms with Crippen molar-refractivity contribution in [2.24, 2.45) is 0 Å². The molecule has 9 nitrogen and oxygen atoms in total. The molecule has 12 heteroatoms. The quantitative estimate of drug-likeness (QED) is 0.136. The molecule has 1 aliphatic heterocycles. The maximum Gasteiger partial charge on any atom is 0.358 e. The van der Waals surface area contributed by atoms with Crippen LogP contribution < -0.4 is 10.5 Å². The molecule has 0 bridgehead atoms. The van der Waals surface area contributed by atoms with Crippen molar-refractivity contribution in [1.29, 1.82) is 0 Å². The normalized spacial score (nSPS) is 19.3. The second kappa shape index (κ2) is 13.4. The number of anilines is 1. The first-order chi connectivity index (χ1) is 23.4. The zero-order valence-electron chi connectivity index (χ0n) is 25.3. The van der Waals surface area contributed by atoms with Crippen LogP contribution in [0.1, 0.15) is 22.9 Å². The van der Waals surface area contributed by atoms with Gasteiger partial charge in [-0.3, -0.25) is 4.57 Å².